The number of fused-ring (bicyclic) bond motifs is 3. The van der Waals surface area contributed by atoms with E-state index in [1.165, 1.54) is 7.11 Å². The summed E-state index contributed by atoms with van der Waals surface area (Å²) in [6.45, 7) is 3.36. The molecule has 0 aliphatic carbocycles. The van der Waals surface area contributed by atoms with Gasteiger partial charge in [-0.3, -0.25) is 0 Å². The highest BCUT2D eigenvalue weighted by molar-refractivity contribution is 6.31. The molecule has 0 bridgehead atoms. The van der Waals surface area contributed by atoms with Crippen LogP contribution in [0.3, 0.4) is 0 Å². The van der Waals surface area contributed by atoms with Crippen LogP contribution in [-0.4, -0.2) is 26.3 Å². The fraction of sp³-hybridized carbons (Fsp3) is 0.409. The molecule has 6 heteroatoms. The Kier molecular flexibility index (Phi) is 5.47. The summed E-state index contributed by atoms with van der Waals surface area (Å²) in [4.78, 5) is 11.8. The Labute approximate surface area is 169 Å². The number of ether oxygens (including phenoxy) is 3. The van der Waals surface area contributed by atoms with Crippen molar-refractivity contribution < 1.29 is 19.0 Å². The quantitative estimate of drug-likeness (QED) is 0.717. The minimum atomic E-state index is -0.391. The largest absolute Gasteiger partial charge is 0.494 e. The molecule has 1 N–H and O–H groups in total. The molecule has 1 saturated heterocycles. The molecule has 2 aromatic carbocycles. The molecule has 2 heterocycles. The third kappa shape index (κ3) is 3.45. The molecule has 5 nitrogen and oxygen atoms in total. The summed E-state index contributed by atoms with van der Waals surface area (Å²) in [5.74, 6) is 0.715. The van der Waals surface area contributed by atoms with Gasteiger partial charge in [-0.05, 0) is 55.7 Å². The lowest BCUT2D eigenvalue weighted by Gasteiger charge is -2.43. The van der Waals surface area contributed by atoms with Crippen molar-refractivity contribution in [3.8, 4) is 5.75 Å². The van der Waals surface area contributed by atoms with Crippen molar-refractivity contribution in [2.75, 3.05) is 25.6 Å². The van der Waals surface area contributed by atoms with Gasteiger partial charge in [0.05, 0.1) is 31.4 Å². The van der Waals surface area contributed by atoms with E-state index in [1.54, 1.807) is 12.1 Å². The predicted molar refractivity (Wildman–Crippen MR) is 108 cm³/mol. The van der Waals surface area contributed by atoms with Crippen LogP contribution in [0, 0.1) is 5.92 Å². The van der Waals surface area contributed by atoms with Crippen LogP contribution in [0.15, 0.2) is 36.4 Å². The Hall–Kier alpha value is -2.24. The molecule has 3 unspecified atom stereocenters. The van der Waals surface area contributed by atoms with Crippen LogP contribution < -0.4 is 10.1 Å². The lowest BCUT2D eigenvalue weighted by atomic mass is 9.77. The SMILES string of the molecule is CCOc1ccc2c(c1)C1OCCCC1C(c1ccc(C(=O)OC)cc1Cl)N2. The van der Waals surface area contributed by atoms with Crippen LogP contribution >= 0.6 is 11.6 Å². The van der Waals surface area contributed by atoms with Crippen LogP contribution in [0.1, 0.15) is 53.4 Å². The number of benzene rings is 2. The van der Waals surface area contributed by atoms with E-state index >= 15 is 0 Å². The van der Waals surface area contributed by atoms with Gasteiger partial charge in [0.1, 0.15) is 5.75 Å². The smallest absolute Gasteiger partial charge is 0.337 e. The highest BCUT2D eigenvalue weighted by Crippen LogP contribution is 2.50. The number of anilines is 1. The fourth-order valence-corrected chi connectivity index (χ4v) is 4.54. The van der Waals surface area contributed by atoms with Crippen molar-refractivity contribution >= 4 is 23.3 Å². The summed E-state index contributed by atoms with van der Waals surface area (Å²) in [5, 5.41) is 4.20. The zero-order chi connectivity index (χ0) is 19.7. The number of nitrogens with one attached hydrogen (secondary N) is 1. The molecule has 0 aromatic heterocycles. The zero-order valence-corrected chi connectivity index (χ0v) is 16.8. The standard InChI is InChI=1S/C22H24ClNO4/c1-3-27-14-7-9-19-17(12-14)21-16(5-4-10-28-21)20(24-19)15-8-6-13(11-18(15)23)22(25)26-2/h6-9,11-12,16,20-21,24H,3-5,10H2,1-2H3. The summed E-state index contributed by atoms with van der Waals surface area (Å²) in [6.07, 6.45) is 2.04. The van der Waals surface area contributed by atoms with Crippen molar-refractivity contribution in [1.29, 1.82) is 0 Å². The van der Waals surface area contributed by atoms with Crippen molar-refractivity contribution in [1.82, 2.24) is 0 Å². The molecular formula is C22H24ClNO4. The highest BCUT2D eigenvalue weighted by atomic mass is 35.5. The molecule has 0 spiro atoms. The highest BCUT2D eigenvalue weighted by Gasteiger charge is 2.40. The maximum absolute atomic E-state index is 11.8. The number of rotatable bonds is 4. The van der Waals surface area contributed by atoms with Crippen LogP contribution in [0.2, 0.25) is 5.02 Å². The molecule has 2 aliphatic heterocycles. The van der Waals surface area contributed by atoms with Crippen LogP contribution in [0.25, 0.3) is 0 Å². The predicted octanol–water partition coefficient (Wildman–Crippen LogP) is 5.16. The monoisotopic (exact) mass is 401 g/mol. The van der Waals surface area contributed by atoms with Crippen LogP contribution in [-0.2, 0) is 9.47 Å². The first-order chi connectivity index (χ1) is 13.6. The lowest BCUT2D eigenvalue weighted by molar-refractivity contribution is -0.0382. The van der Waals surface area contributed by atoms with Gasteiger partial charge < -0.3 is 19.5 Å². The summed E-state index contributed by atoms with van der Waals surface area (Å²) in [6, 6.07) is 11.5. The number of esters is 1. The first-order valence-electron chi connectivity index (χ1n) is 9.65. The number of methoxy groups -OCH3 is 1. The van der Waals surface area contributed by atoms with Crippen molar-refractivity contribution in [2.45, 2.75) is 31.9 Å². The summed E-state index contributed by atoms with van der Waals surface area (Å²) in [5.41, 5.74) is 3.58. The van der Waals surface area contributed by atoms with E-state index in [2.05, 4.69) is 11.4 Å². The van der Waals surface area contributed by atoms with E-state index in [0.29, 0.717) is 17.2 Å². The van der Waals surface area contributed by atoms with Gasteiger partial charge in [0.2, 0.25) is 0 Å². The van der Waals surface area contributed by atoms with E-state index in [9.17, 15) is 4.79 Å². The van der Waals surface area contributed by atoms with Gasteiger partial charge in [-0.1, -0.05) is 17.7 Å². The number of carbonyl (C=O) groups excluding carboxylic acids is 1. The minimum Gasteiger partial charge on any atom is -0.494 e. The van der Waals surface area contributed by atoms with E-state index in [-0.39, 0.29) is 18.1 Å². The molecule has 148 valence electrons. The minimum absolute atomic E-state index is 0.00763. The van der Waals surface area contributed by atoms with Crippen LogP contribution in [0.4, 0.5) is 5.69 Å². The summed E-state index contributed by atoms with van der Waals surface area (Å²) < 4.78 is 16.7. The number of hydrogen-bond donors (Lipinski definition) is 1. The lowest BCUT2D eigenvalue weighted by Crippen LogP contribution is -2.36. The zero-order valence-electron chi connectivity index (χ0n) is 16.0. The maximum atomic E-state index is 11.8. The van der Waals surface area contributed by atoms with Gasteiger partial charge in [-0.2, -0.15) is 0 Å². The van der Waals surface area contributed by atoms with Gasteiger partial charge >= 0.3 is 5.97 Å². The molecule has 2 aliphatic rings. The molecular weight excluding hydrogens is 378 g/mol. The summed E-state index contributed by atoms with van der Waals surface area (Å²) >= 11 is 6.58. The Morgan fingerprint density at radius 1 is 1.25 bits per heavy atom. The van der Waals surface area contributed by atoms with Crippen LogP contribution in [0.5, 0.6) is 5.75 Å². The Bertz CT molecular complexity index is 885. The first kappa shape index (κ1) is 19.1. The van der Waals surface area contributed by atoms with Gasteiger partial charge in [0.25, 0.3) is 0 Å². The third-order valence-electron chi connectivity index (χ3n) is 5.50. The second-order valence-corrected chi connectivity index (χ2v) is 7.54. The number of carbonyl (C=O) groups is 1. The van der Waals surface area contributed by atoms with E-state index < -0.39 is 5.97 Å². The van der Waals surface area contributed by atoms with Crippen molar-refractivity contribution in [3.05, 3.63) is 58.1 Å². The average Bonchev–Trinajstić information content (AvgIpc) is 2.73. The number of hydrogen-bond acceptors (Lipinski definition) is 5. The molecule has 4 rings (SSSR count). The molecule has 1 fully saturated rings. The maximum Gasteiger partial charge on any atom is 0.337 e. The van der Waals surface area contributed by atoms with Gasteiger partial charge in [0.15, 0.2) is 0 Å². The van der Waals surface area contributed by atoms with E-state index in [4.69, 9.17) is 25.8 Å². The number of halogens is 1. The second kappa shape index (κ2) is 8.02. The molecule has 3 atom stereocenters. The Balaban J connectivity index is 1.71. The van der Waals surface area contributed by atoms with E-state index in [1.807, 2.05) is 25.1 Å². The Morgan fingerprint density at radius 2 is 2.11 bits per heavy atom. The molecule has 0 radical (unpaired) electrons. The van der Waals surface area contributed by atoms with Gasteiger partial charge in [-0.25, -0.2) is 4.79 Å². The van der Waals surface area contributed by atoms with Gasteiger partial charge in [-0.15, -0.1) is 0 Å². The summed E-state index contributed by atoms with van der Waals surface area (Å²) in [7, 11) is 1.37. The first-order valence-corrected chi connectivity index (χ1v) is 10.0. The molecule has 28 heavy (non-hydrogen) atoms. The molecule has 2 aromatic rings. The topological polar surface area (TPSA) is 56.8 Å². The van der Waals surface area contributed by atoms with Crippen molar-refractivity contribution in [2.24, 2.45) is 5.92 Å². The second-order valence-electron chi connectivity index (χ2n) is 7.13. The third-order valence-corrected chi connectivity index (χ3v) is 5.83. The normalized spacial score (nSPS) is 23.2. The van der Waals surface area contributed by atoms with E-state index in [0.717, 1.165) is 42.0 Å². The molecule has 0 amide bonds. The molecule has 0 saturated carbocycles. The average molecular weight is 402 g/mol. The fourth-order valence-electron chi connectivity index (χ4n) is 4.24. The Morgan fingerprint density at radius 3 is 2.86 bits per heavy atom. The van der Waals surface area contributed by atoms with Crippen molar-refractivity contribution in [3.63, 3.8) is 0 Å². The van der Waals surface area contributed by atoms with Gasteiger partial charge in [0, 0.05) is 28.8 Å².